The lowest BCUT2D eigenvalue weighted by atomic mass is 10.0. The van der Waals surface area contributed by atoms with Gasteiger partial charge in [0.1, 0.15) is 5.82 Å². The number of rotatable bonds is 4. The number of aliphatic hydroxyl groups is 1. The zero-order valence-corrected chi connectivity index (χ0v) is 13.4. The molecule has 23 heavy (non-hydrogen) atoms. The van der Waals surface area contributed by atoms with Crippen LogP contribution in [-0.2, 0) is 0 Å². The monoisotopic (exact) mass is 314 g/mol. The van der Waals surface area contributed by atoms with Gasteiger partial charge in [0, 0.05) is 30.5 Å². The molecule has 1 heterocycles. The van der Waals surface area contributed by atoms with E-state index < -0.39 is 0 Å². The molecule has 1 fully saturated rings. The molecule has 1 aliphatic heterocycles. The number of nitrogens with zero attached hydrogens (tertiary/aromatic N) is 1. The van der Waals surface area contributed by atoms with Crippen LogP contribution in [0.15, 0.2) is 48.5 Å². The Morgan fingerprint density at radius 2 is 1.83 bits per heavy atom. The highest BCUT2D eigenvalue weighted by molar-refractivity contribution is 5.50. The quantitative estimate of drug-likeness (QED) is 0.896. The average molecular weight is 314 g/mol. The van der Waals surface area contributed by atoms with Crippen LogP contribution in [0.3, 0.4) is 0 Å². The maximum Gasteiger partial charge on any atom is 0.125 e. The van der Waals surface area contributed by atoms with Crippen LogP contribution >= 0.6 is 0 Å². The van der Waals surface area contributed by atoms with Gasteiger partial charge in [-0.25, -0.2) is 4.39 Å². The summed E-state index contributed by atoms with van der Waals surface area (Å²) in [5, 5.41) is 12.9. The van der Waals surface area contributed by atoms with Gasteiger partial charge in [0.05, 0.1) is 6.10 Å². The predicted octanol–water partition coefficient (Wildman–Crippen LogP) is 3.96. The summed E-state index contributed by atoms with van der Waals surface area (Å²) >= 11 is 0. The predicted molar refractivity (Wildman–Crippen MR) is 92.3 cm³/mol. The third-order valence-corrected chi connectivity index (χ3v) is 4.43. The van der Waals surface area contributed by atoms with E-state index in [0.717, 1.165) is 37.2 Å². The smallest absolute Gasteiger partial charge is 0.125 e. The summed E-state index contributed by atoms with van der Waals surface area (Å²) in [7, 11) is 0. The van der Waals surface area contributed by atoms with Crippen LogP contribution in [0.1, 0.15) is 31.4 Å². The number of benzene rings is 2. The van der Waals surface area contributed by atoms with Crippen LogP contribution in [-0.4, -0.2) is 24.3 Å². The van der Waals surface area contributed by atoms with Crippen molar-refractivity contribution in [2.75, 3.05) is 23.3 Å². The van der Waals surface area contributed by atoms with Crippen LogP contribution in [0.5, 0.6) is 0 Å². The van der Waals surface area contributed by atoms with Gasteiger partial charge in [-0.15, -0.1) is 0 Å². The average Bonchev–Trinajstić information content (AvgIpc) is 2.56. The van der Waals surface area contributed by atoms with E-state index >= 15 is 0 Å². The summed E-state index contributed by atoms with van der Waals surface area (Å²) in [6, 6.07) is 15.1. The van der Waals surface area contributed by atoms with E-state index in [4.69, 9.17) is 0 Å². The standard InChI is InChI=1S/C19H23FN2O/c1-14(21-17-4-2-3-16(20)13-17)15-5-7-18(8-6-15)22-11-9-19(23)10-12-22/h2-8,13-14,19,21,23H,9-12H2,1H3. The molecule has 0 spiro atoms. The molecule has 2 N–H and O–H groups in total. The summed E-state index contributed by atoms with van der Waals surface area (Å²) in [6.45, 7) is 3.87. The van der Waals surface area contributed by atoms with E-state index in [2.05, 4.69) is 41.4 Å². The molecule has 2 aromatic rings. The van der Waals surface area contributed by atoms with Gasteiger partial charge < -0.3 is 15.3 Å². The first-order chi connectivity index (χ1) is 11.1. The zero-order chi connectivity index (χ0) is 16.2. The largest absolute Gasteiger partial charge is 0.393 e. The van der Waals surface area contributed by atoms with Gasteiger partial charge in [0.15, 0.2) is 0 Å². The molecule has 1 unspecified atom stereocenters. The molecular formula is C19H23FN2O. The first-order valence-electron chi connectivity index (χ1n) is 8.17. The second kappa shape index (κ2) is 7.01. The van der Waals surface area contributed by atoms with Gasteiger partial charge in [-0.1, -0.05) is 18.2 Å². The SMILES string of the molecule is CC(Nc1cccc(F)c1)c1ccc(N2CCC(O)CC2)cc1. The van der Waals surface area contributed by atoms with Crippen molar-refractivity contribution in [2.24, 2.45) is 0 Å². The summed E-state index contributed by atoms with van der Waals surface area (Å²) in [4.78, 5) is 2.31. The van der Waals surface area contributed by atoms with Crippen molar-refractivity contribution in [3.63, 3.8) is 0 Å². The lowest BCUT2D eigenvalue weighted by molar-refractivity contribution is 0.145. The van der Waals surface area contributed by atoms with Gasteiger partial charge >= 0.3 is 0 Å². The minimum atomic E-state index is -0.232. The first kappa shape index (κ1) is 15.8. The number of piperidine rings is 1. The highest BCUT2D eigenvalue weighted by atomic mass is 19.1. The van der Waals surface area contributed by atoms with E-state index in [9.17, 15) is 9.50 Å². The van der Waals surface area contributed by atoms with Crippen LogP contribution < -0.4 is 10.2 Å². The summed E-state index contributed by atoms with van der Waals surface area (Å²) in [5.41, 5.74) is 3.14. The Balaban J connectivity index is 1.64. The molecule has 4 heteroatoms. The molecule has 1 aliphatic rings. The normalized spacial score (nSPS) is 17.1. The van der Waals surface area contributed by atoms with Gasteiger partial charge in [-0.05, 0) is 55.7 Å². The minimum Gasteiger partial charge on any atom is -0.393 e. The highest BCUT2D eigenvalue weighted by Gasteiger charge is 2.17. The van der Waals surface area contributed by atoms with Crippen LogP contribution in [0.4, 0.5) is 15.8 Å². The Morgan fingerprint density at radius 3 is 2.48 bits per heavy atom. The van der Waals surface area contributed by atoms with Crippen molar-refractivity contribution in [1.82, 2.24) is 0 Å². The molecule has 0 radical (unpaired) electrons. The van der Waals surface area contributed by atoms with Gasteiger partial charge in [0.2, 0.25) is 0 Å². The molecule has 3 rings (SSSR count). The third kappa shape index (κ3) is 4.02. The fourth-order valence-corrected chi connectivity index (χ4v) is 3.01. The van der Waals surface area contributed by atoms with Crippen molar-refractivity contribution in [3.8, 4) is 0 Å². The Morgan fingerprint density at radius 1 is 1.13 bits per heavy atom. The molecule has 2 aromatic carbocycles. The van der Waals surface area contributed by atoms with Crippen LogP contribution in [0.25, 0.3) is 0 Å². The lowest BCUT2D eigenvalue weighted by Gasteiger charge is -2.31. The molecule has 0 aromatic heterocycles. The molecule has 0 saturated carbocycles. The minimum absolute atomic E-state index is 0.106. The number of aliphatic hydroxyl groups excluding tert-OH is 1. The van der Waals surface area contributed by atoms with Gasteiger partial charge in [-0.3, -0.25) is 0 Å². The molecule has 1 atom stereocenters. The van der Waals surface area contributed by atoms with E-state index in [1.54, 1.807) is 6.07 Å². The van der Waals surface area contributed by atoms with Crippen molar-refractivity contribution in [2.45, 2.75) is 31.9 Å². The van der Waals surface area contributed by atoms with Gasteiger partial charge in [0.25, 0.3) is 0 Å². The second-order valence-corrected chi connectivity index (χ2v) is 6.19. The Labute approximate surface area is 136 Å². The van der Waals surface area contributed by atoms with E-state index in [1.165, 1.54) is 17.8 Å². The third-order valence-electron chi connectivity index (χ3n) is 4.43. The molecule has 0 aliphatic carbocycles. The number of anilines is 2. The van der Waals surface area contributed by atoms with Gasteiger partial charge in [-0.2, -0.15) is 0 Å². The van der Waals surface area contributed by atoms with E-state index in [1.807, 2.05) is 6.07 Å². The number of nitrogens with one attached hydrogen (secondary N) is 1. The maximum absolute atomic E-state index is 13.2. The van der Waals surface area contributed by atoms with Crippen LogP contribution in [0.2, 0.25) is 0 Å². The molecule has 122 valence electrons. The summed E-state index contributed by atoms with van der Waals surface area (Å²) < 4.78 is 13.2. The fraction of sp³-hybridized carbons (Fsp3) is 0.368. The van der Waals surface area contributed by atoms with E-state index in [-0.39, 0.29) is 18.0 Å². The van der Waals surface area contributed by atoms with Crippen molar-refractivity contribution >= 4 is 11.4 Å². The topological polar surface area (TPSA) is 35.5 Å². The molecular weight excluding hydrogens is 291 g/mol. The fourth-order valence-electron chi connectivity index (χ4n) is 3.01. The molecule has 0 bridgehead atoms. The number of hydrogen-bond acceptors (Lipinski definition) is 3. The lowest BCUT2D eigenvalue weighted by Crippen LogP contribution is -2.35. The number of halogens is 1. The Hall–Kier alpha value is -2.07. The molecule has 0 amide bonds. The van der Waals surface area contributed by atoms with Crippen molar-refractivity contribution in [3.05, 3.63) is 59.9 Å². The van der Waals surface area contributed by atoms with Crippen LogP contribution in [0, 0.1) is 5.82 Å². The Kier molecular flexibility index (Phi) is 4.82. The highest BCUT2D eigenvalue weighted by Crippen LogP contribution is 2.24. The summed E-state index contributed by atoms with van der Waals surface area (Å²) in [5.74, 6) is -0.232. The zero-order valence-electron chi connectivity index (χ0n) is 13.4. The summed E-state index contributed by atoms with van der Waals surface area (Å²) in [6.07, 6.45) is 1.51. The molecule has 1 saturated heterocycles. The second-order valence-electron chi connectivity index (χ2n) is 6.19. The molecule has 3 nitrogen and oxygen atoms in total. The van der Waals surface area contributed by atoms with Crippen molar-refractivity contribution < 1.29 is 9.50 Å². The van der Waals surface area contributed by atoms with E-state index in [0.29, 0.717) is 0 Å². The van der Waals surface area contributed by atoms with Crippen molar-refractivity contribution in [1.29, 1.82) is 0 Å². The Bertz CT molecular complexity index is 636. The first-order valence-corrected chi connectivity index (χ1v) is 8.17. The number of hydrogen-bond donors (Lipinski definition) is 2. The maximum atomic E-state index is 13.2.